The normalized spacial score (nSPS) is 15.7. The molecule has 6 heteroatoms. The fraction of sp³-hybridized carbons (Fsp3) is 0.478. The Bertz CT molecular complexity index is 887. The van der Waals surface area contributed by atoms with Crippen molar-refractivity contribution in [1.29, 1.82) is 0 Å². The van der Waals surface area contributed by atoms with Crippen molar-refractivity contribution in [2.24, 2.45) is 0 Å². The summed E-state index contributed by atoms with van der Waals surface area (Å²) in [6.07, 6.45) is 3.07. The first-order valence-electron chi connectivity index (χ1n) is 10.3. The SMILES string of the molecule is CCOC(=O)c1c(NC(=O)COc2ccccc2C(C)C)sc2c1C(C)CCC2. The van der Waals surface area contributed by atoms with Gasteiger partial charge < -0.3 is 14.8 Å². The molecule has 0 bridgehead atoms. The second kappa shape index (κ2) is 9.44. The van der Waals surface area contributed by atoms with E-state index in [-0.39, 0.29) is 24.4 Å². The molecule has 1 aromatic carbocycles. The van der Waals surface area contributed by atoms with E-state index in [0.29, 0.717) is 28.8 Å². The molecule has 156 valence electrons. The maximum atomic E-state index is 12.6. The average molecular weight is 416 g/mol. The Morgan fingerprint density at radius 1 is 1.28 bits per heavy atom. The zero-order valence-electron chi connectivity index (χ0n) is 17.5. The van der Waals surface area contributed by atoms with Crippen LogP contribution in [0.25, 0.3) is 0 Å². The first-order valence-corrected chi connectivity index (χ1v) is 11.1. The van der Waals surface area contributed by atoms with Crippen LogP contribution in [0.15, 0.2) is 24.3 Å². The van der Waals surface area contributed by atoms with Gasteiger partial charge in [-0.1, -0.05) is 39.0 Å². The van der Waals surface area contributed by atoms with E-state index >= 15 is 0 Å². The number of para-hydroxylation sites is 1. The molecule has 1 aromatic heterocycles. The maximum absolute atomic E-state index is 12.6. The number of benzene rings is 1. The van der Waals surface area contributed by atoms with E-state index in [1.807, 2.05) is 24.3 Å². The highest BCUT2D eigenvalue weighted by Crippen LogP contribution is 2.43. The minimum absolute atomic E-state index is 0.107. The minimum Gasteiger partial charge on any atom is -0.483 e. The predicted octanol–water partition coefficient (Wildman–Crippen LogP) is 5.51. The molecule has 0 spiro atoms. The number of esters is 1. The summed E-state index contributed by atoms with van der Waals surface area (Å²) in [7, 11) is 0. The smallest absolute Gasteiger partial charge is 0.341 e. The van der Waals surface area contributed by atoms with Crippen molar-refractivity contribution < 1.29 is 19.1 Å². The Morgan fingerprint density at radius 3 is 2.76 bits per heavy atom. The van der Waals surface area contributed by atoms with Gasteiger partial charge in [0.2, 0.25) is 0 Å². The fourth-order valence-electron chi connectivity index (χ4n) is 3.80. The first kappa shape index (κ1) is 21.4. The molecule has 1 aliphatic carbocycles. The Labute approximate surface area is 176 Å². The highest BCUT2D eigenvalue weighted by atomic mass is 32.1. The number of thiophene rings is 1. The number of rotatable bonds is 7. The summed E-state index contributed by atoms with van der Waals surface area (Å²) >= 11 is 1.49. The van der Waals surface area contributed by atoms with Gasteiger partial charge in [0.1, 0.15) is 10.8 Å². The van der Waals surface area contributed by atoms with Crippen molar-refractivity contribution in [3.8, 4) is 5.75 Å². The minimum atomic E-state index is -0.361. The molecule has 1 aliphatic rings. The number of carbonyl (C=O) groups excluding carboxylic acids is 2. The lowest BCUT2D eigenvalue weighted by Crippen LogP contribution is -2.22. The van der Waals surface area contributed by atoms with Crippen molar-refractivity contribution in [2.45, 2.75) is 58.8 Å². The summed E-state index contributed by atoms with van der Waals surface area (Å²) in [5, 5.41) is 3.48. The summed E-state index contributed by atoms with van der Waals surface area (Å²) in [6.45, 7) is 8.30. The number of aryl methyl sites for hydroxylation is 1. The standard InChI is InChI=1S/C23H29NO4S/c1-5-27-23(26)21-20-15(4)9-8-12-18(20)29-22(21)24-19(25)13-28-17-11-7-6-10-16(17)14(2)3/h6-7,10-11,14-15H,5,8-9,12-13H2,1-4H3,(H,24,25). The highest BCUT2D eigenvalue weighted by Gasteiger charge is 2.30. The molecular formula is C23H29NO4S. The molecule has 1 amide bonds. The summed E-state index contributed by atoms with van der Waals surface area (Å²) in [5.41, 5.74) is 2.63. The van der Waals surface area contributed by atoms with Crippen LogP contribution in [0.1, 0.15) is 78.7 Å². The second-order valence-corrected chi connectivity index (χ2v) is 8.79. The maximum Gasteiger partial charge on any atom is 0.341 e. The van der Waals surface area contributed by atoms with Crippen molar-refractivity contribution in [1.82, 2.24) is 0 Å². The lowest BCUT2D eigenvalue weighted by Gasteiger charge is -2.19. The van der Waals surface area contributed by atoms with Gasteiger partial charge in [-0.3, -0.25) is 4.79 Å². The van der Waals surface area contributed by atoms with Crippen molar-refractivity contribution in [2.75, 3.05) is 18.5 Å². The van der Waals surface area contributed by atoms with E-state index in [1.165, 1.54) is 16.2 Å². The summed E-state index contributed by atoms with van der Waals surface area (Å²) < 4.78 is 11.1. The van der Waals surface area contributed by atoms with Crippen molar-refractivity contribution in [3.63, 3.8) is 0 Å². The Morgan fingerprint density at radius 2 is 2.03 bits per heavy atom. The third kappa shape index (κ3) is 4.81. The van der Waals surface area contributed by atoms with Crippen LogP contribution in [-0.4, -0.2) is 25.1 Å². The van der Waals surface area contributed by atoms with Gasteiger partial charge in [0.05, 0.1) is 12.2 Å². The molecule has 0 saturated heterocycles. The van der Waals surface area contributed by atoms with Gasteiger partial charge >= 0.3 is 5.97 Å². The monoisotopic (exact) mass is 415 g/mol. The Hall–Kier alpha value is -2.34. The van der Waals surface area contributed by atoms with Crippen LogP contribution in [0.3, 0.4) is 0 Å². The van der Waals surface area contributed by atoms with Gasteiger partial charge in [0.15, 0.2) is 6.61 Å². The molecule has 5 nitrogen and oxygen atoms in total. The van der Waals surface area contributed by atoms with Crippen LogP contribution in [0.4, 0.5) is 5.00 Å². The van der Waals surface area contributed by atoms with Gasteiger partial charge in [0, 0.05) is 4.88 Å². The van der Waals surface area contributed by atoms with E-state index in [9.17, 15) is 9.59 Å². The molecular weight excluding hydrogens is 386 g/mol. The van der Waals surface area contributed by atoms with Gasteiger partial charge in [-0.25, -0.2) is 4.79 Å². The number of nitrogens with one attached hydrogen (secondary N) is 1. The molecule has 0 aliphatic heterocycles. The number of hydrogen-bond donors (Lipinski definition) is 1. The van der Waals surface area contributed by atoms with Crippen LogP contribution in [0, 0.1) is 0 Å². The molecule has 1 unspecified atom stereocenters. The molecule has 0 fully saturated rings. The fourth-order valence-corrected chi connectivity index (χ4v) is 5.17. The Balaban J connectivity index is 1.78. The van der Waals surface area contributed by atoms with E-state index in [2.05, 4.69) is 26.1 Å². The van der Waals surface area contributed by atoms with Crippen LogP contribution >= 0.6 is 11.3 Å². The van der Waals surface area contributed by atoms with E-state index in [4.69, 9.17) is 9.47 Å². The summed E-state index contributed by atoms with van der Waals surface area (Å²) in [5.74, 6) is 0.659. The van der Waals surface area contributed by atoms with Crippen molar-refractivity contribution in [3.05, 3.63) is 45.8 Å². The number of amides is 1. The van der Waals surface area contributed by atoms with Gasteiger partial charge in [-0.05, 0) is 55.2 Å². The lowest BCUT2D eigenvalue weighted by atomic mass is 9.86. The average Bonchev–Trinajstić information content (AvgIpc) is 3.06. The van der Waals surface area contributed by atoms with Gasteiger partial charge in [-0.15, -0.1) is 11.3 Å². The first-order chi connectivity index (χ1) is 13.9. The molecule has 1 heterocycles. The van der Waals surface area contributed by atoms with Gasteiger partial charge in [0.25, 0.3) is 5.91 Å². The van der Waals surface area contributed by atoms with Crippen LogP contribution < -0.4 is 10.1 Å². The number of hydrogen-bond acceptors (Lipinski definition) is 5. The van der Waals surface area contributed by atoms with Crippen molar-refractivity contribution >= 4 is 28.2 Å². The van der Waals surface area contributed by atoms with Crippen LogP contribution in [0.2, 0.25) is 0 Å². The number of fused-ring (bicyclic) bond motifs is 1. The molecule has 2 aromatic rings. The Kier molecular flexibility index (Phi) is 6.96. The third-order valence-corrected chi connectivity index (χ3v) is 6.37. The quantitative estimate of drug-likeness (QED) is 0.606. The molecule has 0 radical (unpaired) electrons. The highest BCUT2D eigenvalue weighted by molar-refractivity contribution is 7.17. The third-order valence-electron chi connectivity index (χ3n) is 5.19. The number of anilines is 1. The van der Waals surface area contributed by atoms with Crippen LogP contribution in [0.5, 0.6) is 5.75 Å². The molecule has 3 rings (SSSR count). The summed E-state index contributed by atoms with van der Waals surface area (Å²) in [4.78, 5) is 26.4. The van der Waals surface area contributed by atoms with E-state index in [1.54, 1.807) is 6.92 Å². The zero-order chi connectivity index (χ0) is 21.0. The van der Waals surface area contributed by atoms with E-state index in [0.717, 1.165) is 30.4 Å². The van der Waals surface area contributed by atoms with E-state index < -0.39 is 0 Å². The number of carbonyl (C=O) groups is 2. The largest absolute Gasteiger partial charge is 0.483 e. The topological polar surface area (TPSA) is 64.6 Å². The molecule has 1 N–H and O–H groups in total. The molecule has 1 atom stereocenters. The molecule has 29 heavy (non-hydrogen) atoms. The second-order valence-electron chi connectivity index (χ2n) is 7.69. The lowest BCUT2D eigenvalue weighted by molar-refractivity contribution is -0.118. The van der Waals surface area contributed by atoms with Gasteiger partial charge in [-0.2, -0.15) is 0 Å². The molecule has 0 saturated carbocycles. The predicted molar refractivity (Wildman–Crippen MR) is 116 cm³/mol. The summed E-state index contributed by atoms with van der Waals surface area (Å²) in [6, 6.07) is 7.74. The number of ether oxygens (including phenoxy) is 2. The van der Waals surface area contributed by atoms with Crippen LogP contribution in [-0.2, 0) is 16.0 Å². The zero-order valence-corrected chi connectivity index (χ0v) is 18.4.